The maximum Gasteiger partial charge on any atom is 0.330 e. The molecule has 6 nitrogen and oxygen atoms in total. The molecule has 0 heterocycles. The van der Waals surface area contributed by atoms with E-state index in [0.29, 0.717) is 10.8 Å². The molecule has 0 bridgehead atoms. The number of hydrogen-bond acceptors (Lipinski definition) is 3. The third kappa shape index (κ3) is 3.03. The van der Waals surface area contributed by atoms with E-state index >= 15 is 0 Å². The first-order chi connectivity index (χ1) is 7.54. The molecule has 0 unspecified atom stereocenters. The van der Waals surface area contributed by atoms with Gasteiger partial charge >= 0.3 is 6.03 Å². The highest BCUT2D eigenvalue weighted by molar-refractivity contribution is 6.30. The van der Waals surface area contributed by atoms with Crippen LogP contribution in [0, 0.1) is 0 Å². The standard InChI is InChI=1S/C9H10ClN3O3/c1-16-7-4-5(10)2-3-6(7)8(14)12-13-9(11)15/h2-4H,1H3,(H,12,14)(H3,11,13,15). The van der Waals surface area contributed by atoms with Gasteiger partial charge in [0, 0.05) is 5.02 Å². The van der Waals surface area contributed by atoms with Crippen molar-refractivity contribution in [1.29, 1.82) is 0 Å². The minimum absolute atomic E-state index is 0.237. The third-order valence-electron chi connectivity index (χ3n) is 1.71. The van der Waals surface area contributed by atoms with Crippen LogP contribution in [-0.4, -0.2) is 19.0 Å². The van der Waals surface area contributed by atoms with Gasteiger partial charge in [0.2, 0.25) is 0 Å². The highest BCUT2D eigenvalue weighted by Gasteiger charge is 2.12. The zero-order valence-electron chi connectivity index (χ0n) is 8.41. The minimum atomic E-state index is -0.860. The molecule has 4 N–H and O–H groups in total. The SMILES string of the molecule is COc1cc(Cl)ccc1C(=O)NNC(N)=O. The van der Waals surface area contributed by atoms with Crippen molar-refractivity contribution in [1.82, 2.24) is 10.9 Å². The summed E-state index contributed by atoms with van der Waals surface area (Å²) in [5.74, 6) is -0.247. The maximum atomic E-state index is 11.5. The average molecular weight is 244 g/mol. The van der Waals surface area contributed by atoms with E-state index in [0.717, 1.165) is 0 Å². The number of nitrogens with one attached hydrogen (secondary N) is 2. The molecule has 3 amide bonds. The summed E-state index contributed by atoms with van der Waals surface area (Å²) in [4.78, 5) is 21.9. The predicted molar refractivity (Wildman–Crippen MR) is 58.2 cm³/mol. The van der Waals surface area contributed by atoms with Gasteiger partial charge in [-0.05, 0) is 18.2 Å². The topological polar surface area (TPSA) is 93.4 Å². The Morgan fingerprint density at radius 3 is 2.62 bits per heavy atom. The third-order valence-corrected chi connectivity index (χ3v) is 1.94. The van der Waals surface area contributed by atoms with Crippen molar-refractivity contribution in [2.75, 3.05) is 7.11 Å². The zero-order valence-corrected chi connectivity index (χ0v) is 9.17. The van der Waals surface area contributed by atoms with Crippen LogP contribution in [0.4, 0.5) is 4.79 Å². The number of amides is 3. The van der Waals surface area contributed by atoms with E-state index in [9.17, 15) is 9.59 Å². The Morgan fingerprint density at radius 1 is 1.38 bits per heavy atom. The van der Waals surface area contributed by atoms with Gasteiger partial charge in [-0.1, -0.05) is 11.6 Å². The number of nitrogens with two attached hydrogens (primary N) is 1. The number of carbonyl (C=O) groups is 2. The first kappa shape index (κ1) is 12.1. The van der Waals surface area contributed by atoms with Crippen LogP contribution < -0.4 is 21.3 Å². The van der Waals surface area contributed by atoms with Gasteiger partial charge in [0.1, 0.15) is 5.75 Å². The maximum absolute atomic E-state index is 11.5. The molecule has 1 aromatic rings. The molecule has 1 aromatic carbocycles. The monoisotopic (exact) mass is 243 g/mol. The number of primary amides is 1. The lowest BCUT2D eigenvalue weighted by Crippen LogP contribution is -2.44. The Bertz CT molecular complexity index is 422. The van der Waals surface area contributed by atoms with Gasteiger partial charge in [-0.15, -0.1) is 0 Å². The number of hydrogen-bond donors (Lipinski definition) is 3. The number of rotatable bonds is 2. The summed E-state index contributed by atoms with van der Waals surface area (Å²) >= 11 is 5.73. The summed E-state index contributed by atoms with van der Waals surface area (Å²) in [6.45, 7) is 0. The van der Waals surface area contributed by atoms with Crippen LogP contribution >= 0.6 is 11.6 Å². The molecule has 0 aromatic heterocycles. The van der Waals surface area contributed by atoms with Crippen LogP contribution in [0.5, 0.6) is 5.75 Å². The van der Waals surface area contributed by atoms with Crippen molar-refractivity contribution in [3.05, 3.63) is 28.8 Å². The van der Waals surface area contributed by atoms with Crippen LogP contribution in [0.2, 0.25) is 5.02 Å². The number of urea groups is 1. The summed E-state index contributed by atoms with van der Waals surface area (Å²) in [5, 5.41) is 0.441. The highest BCUT2D eigenvalue weighted by Crippen LogP contribution is 2.22. The first-order valence-electron chi connectivity index (χ1n) is 4.24. The molecule has 0 atom stereocenters. The summed E-state index contributed by atoms with van der Waals surface area (Å²) < 4.78 is 4.96. The molecule has 0 radical (unpaired) electrons. The number of hydrazine groups is 1. The fourth-order valence-corrected chi connectivity index (χ4v) is 1.20. The van der Waals surface area contributed by atoms with E-state index in [1.165, 1.54) is 25.3 Å². The van der Waals surface area contributed by atoms with Crippen molar-refractivity contribution < 1.29 is 14.3 Å². The molecule has 0 aliphatic carbocycles. The molecule has 0 saturated heterocycles. The molecule has 0 spiro atoms. The van der Waals surface area contributed by atoms with Crippen molar-refractivity contribution in [3.8, 4) is 5.75 Å². The summed E-state index contributed by atoms with van der Waals surface area (Å²) in [7, 11) is 1.41. The summed E-state index contributed by atoms with van der Waals surface area (Å²) in [5.41, 5.74) is 9.10. The van der Waals surface area contributed by atoms with E-state index in [1.54, 1.807) is 0 Å². The van der Waals surface area contributed by atoms with Gasteiger partial charge in [0.15, 0.2) is 0 Å². The molecule has 16 heavy (non-hydrogen) atoms. The van der Waals surface area contributed by atoms with Crippen molar-refractivity contribution in [2.24, 2.45) is 5.73 Å². The number of carbonyl (C=O) groups excluding carboxylic acids is 2. The second-order valence-corrected chi connectivity index (χ2v) is 3.22. The van der Waals surface area contributed by atoms with Crippen molar-refractivity contribution in [2.45, 2.75) is 0 Å². The van der Waals surface area contributed by atoms with Crippen molar-refractivity contribution in [3.63, 3.8) is 0 Å². The first-order valence-corrected chi connectivity index (χ1v) is 4.61. The molecule has 1 rings (SSSR count). The normalized spacial score (nSPS) is 9.38. The zero-order chi connectivity index (χ0) is 12.1. The second-order valence-electron chi connectivity index (χ2n) is 2.79. The Hall–Kier alpha value is -1.95. The van der Waals surface area contributed by atoms with Crippen LogP contribution in [-0.2, 0) is 0 Å². The smallest absolute Gasteiger partial charge is 0.330 e. The summed E-state index contributed by atoms with van der Waals surface area (Å²) in [6, 6.07) is 3.63. The number of ether oxygens (including phenoxy) is 1. The van der Waals surface area contributed by atoms with Crippen LogP contribution in [0.25, 0.3) is 0 Å². The molecule has 7 heteroatoms. The largest absolute Gasteiger partial charge is 0.496 e. The van der Waals surface area contributed by atoms with Gasteiger partial charge in [0.05, 0.1) is 12.7 Å². The fraction of sp³-hybridized carbons (Fsp3) is 0.111. The van der Waals surface area contributed by atoms with E-state index in [2.05, 4.69) is 5.43 Å². The molecule has 86 valence electrons. The molecule has 0 aliphatic heterocycles. The molecule has 0 aliphatic rings. The molecule has 0 fully saturated rings. The lowest BCUT2D eigenvalue weighted by Gasteiger charge is -2.09. The van der Waals surface area contributed by atoms with E-state index in [-0.39, 0.29) is 5.56 Å². The van der Waals surface area contributed by atoms with Gasteiger partial charge in [0.25, 0.3) is 5.91 Å². The molecular formula is C9H10ClN3O3. The van der Waals surface area contributed by atoms with Gasteiger partial charge in [-0.3, -0.25) is 10.2 Å². The Morgan fingerprint density at radius 2 is 2.06 bits per heavy atom. The van der Waals surface area contributed by atoms with Crippen LogP contribution in [0.15, 0.2) is 18.2 Å². The van der Waals surface area contributed by atoms with Gasteiger partial charge in [-0.2, -0.15) is 0 Å². The van der Waals surface area contributed by atoms with E-state index < -0.39 is 11.9 Å². The van der Waals surface area contributed by atoms with Gasteiger partial charge < -0.3 is 10.5 Å². The van der Waals surface area contributed by atoms with Crippen molar-refractivity contribution >= 4 is 23.5 Å². The number of benzene rings is 1. The second kappa shape index (κ2) is 5.22. The van der Waals surface area contributed by atoms with Crippen LogP contribution in [0.3, 0.4) is 0 Å². The number of methoxy groups -OCH3 is 1. The van der Waals surface area contributed by atoms with Crippen LogP contribution in [0.1, 0.15) is 10.4 Å². The number of halogens is 1. The molecule has 0 saturated carbocycles. The van der Waals surface area contributed by atoms with E-state index in [4.69, 9.17) is 22.1 Å². The Kier molecular flexibility index (Phi) is 3.96. The quantitative estimate of drug-likeness (QED) is 0.666. The lowest BCUT2D eigenvalue weighted by molar-refractivity contribution is 0.0934. The lowest BCUT2D eigenvalue weighted by atomic mass is 10.2. The Balaban J connectivity index is 2.86. The minimum Gasteiger partial charge on any atom is -0.496 e. The Labute approximate surface area is 96.7 Å². The average Bonchev–Trinajstić information content (AvgIpc) is 2.25. The molecular weight excluding hydrogens is 234 g/mol. The highest BCUT2D eigenvalue weighted by atomic mass is 35.5. The fourth-order valence-electron chi connectivity index (χ4n) is 1.04. The summed E-state index contributed by atoms with van der Waals surface area (Å²) in [6.07, 6.45) is 0. The van der Waals surface area contributed by atoms with Gasteiger partial charge in [-0.25, -0.2) is 10.2 Å². The predicted octanol–water partition coefficient (Wildman–Crippen LogP) is 0.662. The van der Waals surface area contributed by atoms with E-state index in [1.807, 2.05) is 5.43 Å².